The lowest BCUT2D eigenvalue weighted by molar-refractivity contribution is -0.111. The lowest BCUT2D eigenvalue weighted by Crippen LogP contribution is -2.37. The van der Waals surface area contributed by atoms with Crippen LogP contribution in [0.5, 0.6) is 11.5 Å². The number of benzene rings is 1. The fourth-order valence-electron chi connectivity index (χ4n) is 3.37. The predicted octanol–water partition coefficient (Wildman–Crippen LogP) is 4.23. The Morgan fingerprint density at radius 1 is 1.24 bits per heavy atom. The van der Waals surface area contributed by atoms with Crippen LogP contribution in [0.4, 0.5) is 9.80 Å². The molecule has 1 aliphatic heterocycles. The number of thiophene rings is 1. The first-order chi connectivity index (χ1) is 16.1. The number of aromatic nitrogens is 1. The average Bonchev–Trinajstić information content (AvgIpc) is 3.19. The van der Waals surface area contributed by atoms with Gasteiger partial charge in [0.25, 0.3) is 0 Å². The molecule has 0 bridgehead atoms. The maximum absolute atomic E-state index is 12.6. The van der Waals surface area contributed by atoms with Crippen molar-refractivity contribution in [1.82, 2.24) is 9.88 Å². The van der Waals surface area contributed by atoms with Crippen molar-refractivity contribution in [2.75, 3.05) is 19.0 Å². The number of carbonyl (C=O) groups excluding carboxylic acids is 2. The quantitative estimate of drug-likeness (QED) is 0.572. The fraction of sp³-hybridized carbons (Fsp3) is 0.167. The Bertz CT molecular complexity index is 1230. The van der Waals surface area contributed by atoms with Gasteiger partial charge in [0.05, 0.1) is 19.2 Å². The van der Waals surface area contributed by atoms with Gasteiger partial charge in [-0.25, -0.2) is 4.79 Å². The molecule has 4 rings (SSSR count). The summed E-state index contributed by atoms with van der Waals surface area (Å²) in [5, 5.41) is 12.9. The highest BCUT2D eigenvalue weighted by atomic mass is 32.1. The zero-order chi connectivity index (χ0) is 23.2. The third-order valence-corrected chi connectivity index (χ3v) is 6.17. The third-order valence-electron chi connectivity index (χ3n) is 5.04. The van der Waals surface area contributed by atoms with Gasteiger partial charge in [-0.05, 0) is 54.0 Å². The molecule has 0 fully saturated rings. The molecule has 0 saturated carbocycles. The number of anilines is 1. The van der Waals surface area contributed by atoms with Gasteiger partial charge >= 0.3 is 6.09 Å². The summed E-state index contributed by atoms with van der Waals surface area (Å²) in [5.41, 5.74) is 2.11. The molecule has 166 valence electrons. The van der Waals surface area contributed by atoms with Gasteiger partial charge in [0, 0.05) is 29.9 Å². The molecule has 3 aromatic rings. The van der Waals surface area contributed by atoms with Crippen molar-refractivity contribution in [3.63, 3.8) is 0 Å². The van der Waals surface area contributed by atoms with E-state index in [2.05, 4.69) is 16.4 Å². The molecule has 1 aliphatic rings. The molecular weight excluding hydrogens is 440 g/mol. The number of methoxy groups -OCH3 is 1. The van der Waals surface area contributed by atoms with Crippen molar-refractivity contribution < 1.29 is 19.1 Å². The lowest BCUT2D eigenvalue weighted by Gasteiger charge is -2.26. The topological polar surface area (TPSA) is 105 Å². The van der Waals surface area contributed by atoms with Crippen LogP contribution in [0.3, 0.4) is 0 Å². The number of nitrogens with zero attached hydrogens (tertiary/aromatic N) is 3. The minimum absolute atomic E-state index is 0.311. The number of nitrogens with one attached hydrogen (secondary N) is 1. The lowest BCUT2D eigenvalue weighted by atomic mass is 10.0. The summed E-state index contributed by atoms with van der Waals surface area (Å²) in [6.07, 6.45) is 6.39. The minimum atomic E-state index is -0.470. The summed E-state index contributed by atoms with van der Waals surface area (Å²) in [4.78, 5) is 31.4. The second kappa shape index (κ2) is 9.97. The molecule has 2 amide bonds. The molecule has 0 aliphatic carbocycles. The average molecular weight is 461 g/mol. The molecule has 1 aromatic carbocycles. The van der Waals surface area contributed by atoms with Crippen molar-refractivity contribution in [2.45, 2.75) is 13.0 Å². The Balaban J connectivity index is 1.43. The van der Waals surface area contributed by atoms with Crippen LogP contribution < -0.4 is 14.8 Å². The second-order valence-electron chi connectivity index (χ2n) is 7.14. The number of hydrogen-bond donors (Lipinski definition) is 1. The number of rotatable bonds is 5. The van der Waals surface area contributed by atoms with Crippen molar-refractivity contribution in [2.24, 2.45) is 0 Å². The zero-order valence-electron chi connectivity index (χ0n) is 17.8. The standard InChI is InChI=1S/C24H20N4O4S/c1-31-17-5-7-18(8-6-17)32-24(30)28-12-10-19-20(13-25)23(33-21(19)15-28)27-22(29)9-4-16-3-2-11-26-14-16/h2-9,11,14H,10,12,15H2,1H3,(H,27,29)/b9-4+. The van der Waals surface area contributed by atoms with E-state index in [1.807, 2.05) is 6.07 Å². The molecule has 0 spiro atoms. The van der Waals surface area contributed by atoms with E-state index in [-0.39, 0.29) is 5.91 Å². The van der Waals surface area contributed by atoms with Gasteiger partial charge < -0.3 is 19.7 Å². The Kier molecular flexibility index (Phi) is 6.66. The van der Waals surface area contributed by atoms with Crippen LogP contribution >= 0.6 is 11.3 Å². The van der Waals surface area contributed by atoms with Crippen LogP contribution in [-0.4, -0.2) is 35.5 Å². The van der Waals surface area contributed by atoms with Crippen molar-refractivity contribution in [3.05, 3.63) is 76.4 Å². The Morgan fingerprint density at radius 2 is 2.03 bits per heavy atom. The van der Waals surface area contributed by atoms with Crippen LogP contribution in [0.15, 0.2) is 54.9 Å². The van der Waals surface area contributed by atoms with Gasteiger partial charge in [0.2, 0.25) is 5.91 Å². The van der Waals surface area contributed by atoms with Gasteiger partial charge in [-0.15, -0.1) is 11.3 Å². The number of carbonyl (C=O) groups is 2. The first-order valence-corrected chi connectivity index (χ1v) is 10.9. The molecule has 2 aromatic heterocycles. The third kappa shape index (κ3) is 5.19. The molecule has 0 atom stereocenters. The van der Waals surface area contributed by atoms with E-state index in [1.165, 1.54) is 17.4 Å². The molecule has 9 heteroatoms. The highest BCUT2D eigenvalue weighted by molar-refractivity contribution is 7.16. The van der Waals surface area contributed by atoms with Crippen molar-refractivity contribution in [1.29, 1.82) is 5.26 Å². The van der Waals surface area contributed by atoms with Gasteiger partial charge in [0.15, 0.2) is 0 Å². The van der Waals surface area contributed by atoms with E-state index in [0.29, 0.717) is 41.6 Å². The van der Waals surface area contributed by atoms with Gasteiger partial charge in [-0.1, -0.05) is 6.07 Å². The molecular formula is C24H20N4O4S. The largest absolute Gasteiger partial charge is 0.497 e. The monoisotopic (exact) mass is 460 g/mol. The van der Waals surface area contributed by atoms with Crippen LogP contribution in [0, 0.1) is 11.3 Å². The van der Waals surface area contributed by atoms with Crippen molar-refractivity contribution >= 4 is 34.4 Å². The van der Waals surface area contributed by atoms with Gasteiger partial charge in [-0.3, -0.25) is 9.78 Å². The van der Waals surface area contributed by atoms with E-state index in [0.717, 1.165) is 16.0 Å². The maximum Gasteiger partial charge on any atom is 0.415 e. The molecule has 0 unspecified atom stereocenters. The number of hydrogen-bond acceptors (Lipinski definition) is 7. The first-order valence-electron chi connectivity index (χ1n) is 10.1. The second-order valence-corrected chi connectivity index (χ2v) is 8.25. The van der Waals surface area contributed by atoms with E-state index in [9.17, 15) is 14.9 Å². The summed E-state index contributed by atoms with van der Waals surface area (Å²) in [5.74, 6) is 0.749. The van der Waals surface area contributed by atoms with Crippen LogP contribution in [0.1, 0.15) is 21.6 Å². The Hall–Kier alpha value is -4.16. The normalized spacial score (nSPS) is 12.7. The molecule has 33 heavy (non-hydrogen) atoms. The fourth-order valence-corrected chi connectivity index (χ4v) is 4.59. The van der Waals surface area contributed by atoms with Gasteiger partial charge in [0.1, 0.15) is 22.6 Å². The smallest absolute Gasteiger partial charge is 0.415 e. The predicted molar refractivity (Wildman–Crippen MR) is 124 cm³/mol. The van der Waals surface area contributed by atoms with E-state index in [1.54, 1.807) is 60.8 Å². The number of fused-ring (bicyclic) bond motifs is 1. The van der Waals surface area contributed by atoms with Crippen LogP contribution in [0.25, 0.3) is 6.08 Å². The molecule has 0 radical (unpaired) electrons. The van der Waals surface area contributed by atoms with E-state index in [4.69, 9.17) is 9.47 Å². The van der Waals surface area contributed by atoms with Crippen LogP contribution in [-0.2, 0) is 17.8 Å². The Labute approximate surface area is 194 Å². The Morgan fingerprint density at radius 3 is 2.73 bits per heavy atom. The van der Waals surface area contributed by atoms with Gasteiger partial charge in [-0.2, -0.15) is 5.26 Å². The number of amides is 2. The van der Waals surface area contributed by atoms with Crippen LogP contribution in [0.2, 0.25) is 0 Å². The summed E-state index contributed by atoms with van der Waals surface area (Å²) < 4.78 is 10.6. The number of nitriles is 1. The summed E-state index contributed by atoms with van der Waals surface area (Å²) in [6.45, 7) is 0.729. The molecule has 1 N–H and O–H groups in total. The van der Waals surface area contributed by atoms with E-state index >= 15 is 0 Å². The first kappa shape index (κ1) is 22.0. The number of pyridine rings is 1. The molecule has 3 heterocycles. The SMILES string of the molecule is COc1ccc(OC(=O)N2CCc3c(sc(NC(=O)/C=C/c4cccnc4)c3C#N)C2)cc1. The summed E-state index contributed by atoms with van der Waals surface area (Å²) in [7, 11) is 1.57. The van der Waals surface area contributed by atoms with E-state index < -0.39 is 6.09 Å². The summed E-state index contributed by atoms with van der Waals surface area (Å²) >= 11 is 1.30. The summed E-state index contributed by atoms with van der Waals surface area (Å²) in [6, 6.07) is 12.6. The highest BCUT2D eigenvalue weighted by Gasteiger charge is 2.28. The van der Waals surface area contributed by atoms with Crippen molar-refractivity contribution in [3.8, 4) is 17.6 Å². The maximum atomic E-state index is 12.6. The number of ether oxygens (including phenoxy) is 2. The molecule has 8 nitrogen and oxygen atoms in total. The zero-order valence-corrected chi connectivity index (χ0v) is 18.6. The highest BCUT2D eigenvalue weighted by Crippen LogP contribution is 2.37. The molecule has 0 saturated heterocycles. The minimum Gasteiger partial charge on any atom is -0.497 e.